The molecule has 0 bridgehead atoms. The van der Waals surface area contributed by atoms with Crippen LogP contribution in [0.4, 0.5) is 0 Å². The highest BCUT2D eigenvalue weighted by atomic mass is 32.1. The van der Waals surface area contributed by atoms with Gasteiger partial charge < -0.3 is 10.2 Å². The topological polar surface area (TPSA) is 75.2 Å². The largest absolute Gasteiger partial charge is 0.346 e. The number of aromatic nitrogens is 2. The predicted octanol–water partition coefficient (Wildman–Crippen LogP) is 0.0610. The van der Waals surface area contributed by atoms with Crippen molar-refractivity contribution < 1.29 is 9.59 Å². The summed E-state index contributed by atoms with van der Waals surface area (Å²) in [5.41, 5.74) is 0.713. The van der Waals surface area contributed by atoms with Gasteiger partial charge in [-0.15, -0.1) is 5.10 Å². The molecule has 0 saturated carbocycles. The number of likely N-dealkylation sites (N-methyl/N-ethyl adjacent to an activating group) is 1. The zero-order valence-electron chi connectivity index (χ0n) is 9.77. The van der Waals surface area contributed by atoms with Crippen LogP contribution in [0.1, 0.15) is 28.7 Å². The summed E-state index contributed by atoms with van der Waals surface area (Å²) in [5, 5.41) is 6.74. The number of carbonyl (C=O) groups is 2. The highest BCUT2D eigenvalue weighted by Gasteiger charge is 2.29. The Hall–Kier alpha value is -1.50. The van der Waals surface area contributed by atoms with Crippen LogP contribution in [-0.2, 0) is 11.2 Å². The molecule has 1 aromatic rings. The number of amides is 2. The minimum absolute atomic E-state index is 0.0634. The third kappa shape index (κ3) is 2.44. The van der Waals surface area contributed by atoms with Crippen molar-refractivity contribution in [2.45, 2.75) is 25.8 Å². The Morgan fingerprint density at radius 1 is 1.65 bits per heavy atom. The van der Waals surface area contributed by atoms with E-state index in [1.54, 1.807) is 11.9 Å². The van der Waals surface area contributed by atoms with Crippen molar-refractivity contribution in [2.75, 3.05) is 13.6 Å². The van der Waals surface area contributed by atoms with E-state index in [0.717, 1.165) is 11.5 Å². The van der Waals surface area contributed by atoms with Gasteiger partial charge in [0.15, 0.2) is 0 Å². The molecule has 6 nitrogen and oxygen atoms in total. The number of carbonyl (C=O) groups excluding carboxylic acids is 2. The molecule has 1 N–H and O–H groups in total. The minimum atomic E-state index is -0.176. The second-order valence-corrected chi connectivity index (χ2v) is 4.81. The van der Waals surface area contributed by atoms with Gasteiger partial charge in [0, 0.05) is 20.0 Å². The summed E-state index contributed by atoms with van der Waals surface area (Å²) < 4.78 is 3.77. The van der Waals surface area contributed by atoms with Gasteiger partial charge in [-0.3, -0.25) is 9.59 Å². The molecule has 7 heteroatoms. The zero-order chi connectivity index (χ0) is 12.4. The van der Waals surface area contributed by atoms with Crippen molar-refractivity contribution in [1.82, 2.24) is 19.8 Å². The Labute approximate surface area is 103 Å². The maximum atomic E-state index is 11.9. The lowest BCUT2D eigenvalue weighted by Gasteiger charge is -2.11. The molecule has 2 amide bonds. The number of hydrogen-bond acceptors (Lipinski definition) is 5. The molecule has 2 heterocycles. The number of likely N-dealkylation sites (tertiary alicyclic amines) is 1. The standard InChI is InChI=1S/C10H14N4O2S/c1-3-7-9(17-13-12-7)10(16)11-6-4-8(15)14(2)5-6/h6H,3-5H2,1-2H3,(H,11,16)/t6-/m1/s1. The van der Waals surface area contributed by atoms with Crippen molar-refractivity contribution in [2.24, 2.45) is 0 Å². The maximum absolute atomic E-state index is 11.9. The average Bonchev–Trinajstić information content (AvgIpc) is 2.86. The highest BCUT2D eigenvalue weighted by molar-refractivity contribution is 7.08. The molecule has 1 saturated heterocycles. The molecule has 1 aliphatic heterocycles. The van der Waals surface area contributed by atoms with Gasteiger partial charge in [0.2, 0.25) is 5.91 Å². The molecule has 2 rings (SSSR count). The Kier molecular flexibility index (Phi) is 3.37. The normalized spacial score (nSPS) is 19.8. The lowest BCUT2D eigenvalue weighted by molar-refractivity contribution is -0.126. The van der Waals surface area contributed by atoms with E-state index in [1.165, 1.54) is 0 Å². The van der Waals surface area contributed by atoms with E-state index in [0.29, 0.717) is 30.0 Å². The zero-order valence-corrected chi connectivity index (χ0v) is 10.6. The molecule has 0 aromatic carbocycles. The van der Waals surface area contributed by atoms with E-state index in [9.17, 15) is 9.59 Å². The van der Waals surface area contributed by atoms with Crippen LogP contribution in [0.15, 0.2) is 0 Å². The number of nitrogens with one attached hydrogen (secondary N) is 1. The summed E-state index contributed by atoms with van der Waals surface area (Å²) in [5.74, 6) is -0.113. The molecule has 17 heavy (non-hydrogen) atoms. The Morgan fingerprint density at radius 2 is 2.41 bits per heavy atom. The molecule has 1 aliphatic rings. The van der Waals surface area contributed by atoms with Crippen LogP contribution in [-0.4, -0.2) is 45.9 Å². The Balaban J connectivity index is 2.01. The lowest BCUT2D eigenvalue weighted by Crippen LogP contribution is -2.36. The van der Waals surface area contributed by atoms with Crippen LogP contribution in [0.3, 0.4) is 0 Å². The molecular weight excluding hydrogens is 240 g/mol. The van der Waals surface area contributed by atoms with E-state index >= 15 is 0 Å². The van der Waals surface area contributed by atoms with Crippen LogP contribution >= 0.6 is 11.5 Å². The Morgan fingerprint density at radius 3 is 3.00 bits per heavy atom. The van der Waals surface area contributed by atoms with E-state index < -0.39 is 0 Å². The van der Waals surface area contributed by atoms with E-state index in [1.807, 2.05) is 6.92 Å². The van der Waals surface area contributed by atoms with Gasteiger partial charge in [-0.05, 0) is 18.0 Å². The van der Waals surface area contributed by atoms with E-state index in [-0.39, 0.29) is 17.9 Å². The fourth-order valence-electron chi connectivity index (χ4n) is 1.82. The fourth-order valence-corrected chi connectivity index (χ4v) is 2.48. The average molecular weight is 254 g/mol. The number of nitrogens with zero attached hydrogens (tertiary/aromatic N) is 3. The summed E-state index contributed by atoms with van der Waals surface area (Å²) in [4.78, 5) is 25.4. The van der Waals surface area contributed by atoms with E-state index in [2.05, 4.69) is 14.9 Å². The SMILES string of the molecule is CCc1nnsc1C(=O)N[C@@H]1CC(=O)N(C)C1. The summed E-state index contributed by atoms with van der Waals surface area (Å²) >= 11 is 1.10. The van der Waals surface area contributed by atoms with Gasteiger partial charge >= 0.3 is 0 Å². The number of aryl methyl sites for hydroxylation is 1. The summed E-state index contributed by atoms with van der Waals surface area (Å²) in [6, 6.07) is -0.105. The first kappa shape index (κ1) is 12.0. The van der Waals surface area contributed by atoms with Gasteiger partial charge in [-0.2, -0.15) is 0 Å². The van der Waals surface area contributed by atoms with Crippen molar-refractivity contribution in [3.8, 4) is 0 Å². The van der Waals surface area contributed by atoms with Gasteiger partial charge in [-0.1, -0.05) is 11.4 Å². The first-order valence-electron chi connectivity index (χ1n) is 5.47. The first-order valence-corrected chi connectivity index (χ1v) is 6.25. The van der Waals surface area contributed by atoms with Crippen LogP contribution in [0.5, 0.6) is 0 Å². The third-order valence-corrected chi connectivity index (χ3v) is 3.54. The van der Waals surface area contributed by atoms with Gasteiger partial charge in [0.1, 0.15) is 4.88 Å². The van der Waals surface area contributed by atoms with Crippen LogP contribution in [0, 0.1) is 0 Å². The summed E-state index contributed by atoms with van der Waals surface area (Å²) in [6.45, 7) is 2.50. The highest BCUT2D eigenvalue weighted by Crippen LogP contribution is 2.13. The fraction of sp³-hybridized carbons (Fsp3) is 0.600. The molecule has 1 fully saturated rings. The second kappa shape index (κ2) is 4.79. The quantitative estimate of drug-likeness (QED) is 0.827. The molecule has 0 spiro atoms. The lowest BCUT2D eigenvalue weighted by atomic mass is 10.2. The summed E-state index contributed by atoms with van der Waals surface area (Å²) in [6.07, 6.45) is 1.05. The van der Waals surface area contributed by atoms with Crippen molar-refractivity contribution in [3.63, 3.8) is 0 Å². The van der Waals surface area contributed by atoms with Crippen LogP contribution in [0.25, 0.3) is 0 Å². The smallest absolute Gasteiger partial charge is 0.265 e. The first-order chi connectivity index (χ1) is 8.11. The van der Waals surface area contributed by atoms with Crippen molar-refractivity contribution in [1.29, 1.82) is 0 Å². The van der Waals surface area contributed by atoms with Gasteiger partial charge in [0.25, 0.3) is 5.91 Å². The van der Waals surface area contributed by atoms with Crippen LogP contribution in [0.2, 0.25) is 0 Å². The van der Waals surface area contributed by atoms with Crippen LogP contribution < -0.4 is 5.32 Å². The maximum Gasteiger partial charge on any atom is 0.265 e. The molecule has 1 aromatic heterocycles. The molecule has 0 radical (unpaired) electrons. The van der Waals surface area contributed by atoms with Crippen molar-refractivity contribution >= 4 is 23.3 Å². The molecule has 92 valence electrons. The predicted molar refractivity (Wildman–Crippen MR) is 62.8 cm³/mol. The monoisotopic (exact) mass is 254 g/mol. The molecular formula is C10H14N4O2S. The molecule has 1 atom stereocenters. The number of rotatable bonds is 3. The van der Waals surface area contributed by atoms with Crippen molar-refractivity contribution in [3.05, 3.63) is 10.6 Å². The molecule has 0 aliphatic carbocycles. The minimum Gasteiger partial charge on any atom is -0.346 e. The van der Waals surface area contributed by atoms with Gasteiger partial charge in [0.05, 0.1) is 11.7 Å². The number of hydrogen-bond donors (Lipinski definition) is 1. The molecule has 0 unspecified atom stereocenters. The summed E-state index contributed by atoms with van der Waals surface area (Å²) in [7, 11) is 1.74. The Bertz CT molecular complexity index is 445. The second-order valence-electron chi connectivity index (χ2n) is 4.05. The van der Waals surface area contributed by atoms with Gasteiger partial charge in [-0.25, -0.2) is 0 Å². The van der Waals surface area contributed by atoms with E-state index in [4.69, 9.17) is 0 Å². The third-order valence-electron chi connectivity index (χ3n) is 2.77.